The third-order valence-corrected chi connectivity index (χ3v) is 7.25. The van der Waals surface area contributed by atoms with E-state index >= 15 is 0 Å². The lowest BCUT2D eigenvalue weighted by Crippen LogP contribution is -2.41. The first kappa shape index (κ1) is 29.2. The van der Waals surface area contributed by atoms with Crippen LogP contribution in [0.3, 0.4) is 0 Å². The van der Waals surface area contributed by atoms with Crippen molar-refractivity contribution in [2.45, 2.75) is 46.7 Å². The maximum Gasteiger partial charge on any atom is 0.264 e. The Morgan fingerprint density at radius 3 is 2.35 bits per heavy atom. The second-order valence-corrected chi connectivity index (χ2v) is 10.4. The molecule has 7 nitrogen and oxygen atoms in total. The summed E-state index contributed by atoms with van der Waals surface area (Å²) in [6, 6.07) is 23.1. The summed E-state index contributed by atoms with van der Waals surface area (Å²) in [5.41, 5.74) is 3.40. The van der Waals surface area contributed by atoms with Crippen molar-refractivity contribution in [2.75, 3.05) is 44.3 Å². The average molecular weight is 544 g/mol. The molecule has 0 atom stereocenters. The van der Waals surface area contributed by atoms with Gasteiger partial charge in [0, 0.05) is 44.3 Å². The third-order valence-electron chi connectivity index (χ3n) is 7.25. The van der Waals surface area contributed by atoms with Crippen molar-refractivity contribution in [3.8, 4) is 11.5 Å². The predicted octanol–water partition coefficient (Wildman–Crippen LogP) is 5.56. The van der Waals surface area contributed by atoms with Gasteiger partial charge < -0.3 is 19.3 Å². The number of aryl methyl sites for hydroxylation is 1. The van der Waals surface area contributed by atoms with Crippen LogP contribution in [0.5, 0.6) is 11.5 Å². The predicted molar refractivity (Wildman–Crippen MR) is 159 cm³/mol. The molecule has 2 amide bonds. The molecule has 40 heavy (non-hydrogen) atoms. The van der Waals surface area contributed by atoms with Gasteiger partial charge >= 0.3 is 0 Å². The number of fused-ring (bicyclic) bond motifs is 1. The fraction of sp³-hybridized carbons (Fsp3) is 0.394. The Morgan fingerprint density at radius 1 is 0.850 bits per heavy atom. The number of anilines is 1. The molecule has 0 N–H and O–H groups in total. The Kier molecular flexibility index (Phi) is 10.2. The number of benzene rings is 3. The molecule has 1 heterocycles. The molecule has 0 saturated heterocycles. The maximum atomic E-state index is 13.9. The summed E-state index contributed by atoms with van der Waals surface area (Å²) < 4.78 is 11.5. The number of carbonyl (C=O) groups excluding carboxylic acids is 2. The number of hydrogen-bond donors (Lipinski definition) is 0. The van der Waals surface area contributed by atoms with Crippen molar-refractivity contribution < 1.29 is 19.1 Å². The average Bonchev–Trinajstić information content (AvgIpc) is 2.99. The molecule has 0 fully saturated rings. The minimum Gasteiger partial charge on any atom is -0.494 e. The van der Waals surface area contributed by atoms with Crippen LogP contribution in [-0.2, 0) is 11.3 Å². The molecule has 0 spiro atoms. The zero-order chi connectivity index (χ0) is 28.5. The van der Waals surface area contributed by atoms with E-state index in [2.05, 4.69) is 18.7 Å². The molecule has 0 aliphatic carbocycles. The first-order valence-electron chi connectivity index (χ1n) is 14.2. The van der Waals surface area contributed by atoms with Crippen molar-refractivity contribution in [1.82, 2.24) is 9.80 Å². The van der Waals surface area contributed by atoms with E-state index in [-0.39, 0.29) is 18.4 Å². The fourth-order valence-corrected chi connectivity index (χ4v) is 5.17. The van der Waals surface area contributed by atoms with Gasteiger partial charge in [-0.1, -0.05) is 42.5 Å². The molecule has 212 valence electrons. The summed E-state index contributed by atoms with van der Waals surface area (Å²) in [5, 5.41) is 0. The van der Waals surface area contributed by atoms with Crippen LogP contribution >= 0.6 is 0 Å². The van der Waals surface area contributed by atoms with E-state index in [1.165, 1.54) is 0 Å². The second kappa shape index (κ2) is 14.0. The largest absolute Gasteiger partial charge is 0.494 e. The Labute approximate surface area is 238 Å². The van der Waals surface area contributed by atoms with Gasteiger partial charge in [0.2, 0.25) is 0 Å². The lowest BCUT2D eigenvalue weighted by atomic mass is 10.0. The topological polar surface area (TPSA) is 62.3 Å². The van der Waals surface area contributed by atoms with Crippen LogP contribution in [0.2, 0.25) is 0 Å². The van der Waals surface area contributed by atoms with Gasteiger partial charge in [0.05, 0.1) is 12.3 Å². The molecule has 7 heteroatoms. The van der Waals surface area contributed by atoms with Crippen LogP contribution in [0.15, 0.2) is 72.8 Å². The Hall–Kier alpha value is -3.84. The van der Waals surface area contributed by atoms with Crippen LogP contribution in [0.25, 0.3) is 0 Å². The molecule has 1 aliphatic rings. The first-order chi connectivity index (χ1) is 19.4. The van der Waals surface area contributed by atoms with Crippen molar-refractivity contribution in [3.63, 3.8) is 0 Å². The Balaban J connectivity index is 1.68. The van der Waals surface area contributed by atoms with Crippen molar-refractivity contribution in [3.05, 3.63) is 89.5 Å². The summed E-state index contributed by atoms with van der Waals surface area (Å²) in [4.78, 5) is 33.7. The highest BCUT2D eigenvalue weighted by atomic mass is 16.5. The van der Waals surface area contributed by atoms with E-state index in [4.69, 9.17) is 9.47 Å². The third kappa shape index (κ3) is 7.42. The Morgan fingerprint density at radius 2 is 1.60 bits per heavy atom. The summed E-state index contributed by atoms with van der Waals surface area (Å²) in [5.74, 6) is 1.19. The zero-order valence-corrected chi connectivity index (χ0v) is 24.1. The van der Waals surface area contributed by atoms with E-state index in [0.29, 0.717) is 49.3 Å². The molecule has 3 aromatic rings. The minimum atomic E-state index is -0.1000. The molecule has 0 saturated carbocycles. The van der Waals surface area contributed by atoms with Crippen molar-refractivity contribution in [1.29, 1.82) is 0 Å². The highest BCUT2D eigenvalue weighted by molar-refractivity contribution is 5.97. The van der Waals surface area contributed by atoms with Gasteiger partial charge in [-0.05, 0) is 75.6 Å². The number of carbonyl (C=O) groups is 2. The molecular weight excluding hydrogens is 502 g/mol. The zero-order valence-electron chi connectivity index (χ0n) is 24.1. The number of amides is 2. The smallest absolute Gasteiger partial charge is 0.264 e. The van der Waals surface area contributed by atoms with Gasteiger partial charge in [-0.3, -0.25) is 14.5 Å². The molecule has 0 radical (unpaired) electrons. The van der Waals surface area contributed by atoms with E-state index < -0.39 is 0 Å². The van der Waals surface area contributed by atoms with Crippen molar-refractivity contribution >= 4 is 17.5 Å². The minimum absolute atomic E-state index is 0.0535. The lowest BCUT2D eigenvalue weighted by molar-refractivity contribution is -0.120. The first-order valence-corrected chi connectivity index (χ1v) is 14.2. The highest BCUT2D eigenvalue weighted by Crippen LogP contribution is 2.29. The maximum absolute atomic E-state index is 13.9. The fourth-order valence-electron chi connectivity index (χ4n) is 5.17. The molecular formula is C33H41N3O4. The number of para-hydroxylation sites is 2. The summed E-state index contributed by atoms with van der Waals surface area (Å²) in [6.45, 7) is 11.9. The summed E-state index contributed by atoms with van der Waals surface area (Å²) in [7, 11) is 0. The number of hydrogen-bond acceptors (Lipinski definition) is 5. The van der Waals surface area contributed by atoms with Gasteiger partial charge in [0.1, 0.15) is 11.5 Å². The van der Waals surface area contributed by atoms with Gasteiger partial charge in [-0.15, -0.1) is 0 Å². The number of nitrogens with zero attached hydrogens (tertiary/aromatic N) is 3. The summed E-state index contributed by atoms with van der Waals surface area (Å²) in [6.07, 6.45) is 0.813. The van der Waals surface area contributed by atoms with E-state index in [0.717, 1.165) is 36.3 Å². The van der Waals surface area contributed by atoms with Gasteiger partial charge in [-0.25, -0.2) is 0 Å². The van der Waals surface area contributed by atoms with E-state index in [9.17, 15) is 9.59 Å². The summed E-state index contributed by atoms with van der Waals surface area (Å²) >= 11 is 0. The van der Waals surface area contributed by atoms with Gasteiger partial charge in [0.15, 0.2) is 6.61 Å². The van der Waals surface area contributed by atoms with E-state index in [1.54, 1.807) is 0 Å². The van der Waals surface area contributed by atoms with Gasteiger partial charge in [0.25, 0.3) is 11.8 Å². The van der Waals surface area contributed by atoms with Crippen LogP contribution in [-0.4, -0.2) is 67.0 Å². The Bertz CT molecular complexity index is 1280. The molecule has 0 unspecified atom stereocenters. The van der Waals surface area contributed by atoms with Crippen LogP contribution in [0.1, 0.15) is 48.7 Å². The molecule has 4 rings (SSSR count). The SMILES string of the molecule is CCOc1cccc(C(=O)N2CCN(C(C)C)CCCN(C(=O)COc3ccccc3)c3c(C)cccc3C2)c1. The van der Waals surface area contributed by atoms with E-state index in [1.807, 2.05) is 96.4 Å². The van der Waals surface area contributed by atoms with Crippen molar-refractivity contribution in [2.24, 2.45) is 0 Å². The van der Waals surface area contributed by atoms with Crippen LogP contribution < -0.4 is 14.4 Å². The number of ether oxygens (including phenoxy) is 2. The normalized spacial score (nSPS) is 14.8. The molecule has 1 aliphatic heterocycles. The molecule has 3 aromatic carbocycles. The molecule has 0 aromatic heterocycles. The van der Waals surface area contributed by atoms with Crippen LogP contribution in [0, 0.1) is 6.92 Å². The number of rotatable bonds is 7. The quantitative estimate of drug-likeness (QED) is 0.390. The monoisotopic (exact) mass is 543 g/mol. The van der Waals surface area contributed by atoms with Gasteiger partial charge in [-0.2, -0.15) is 0 Å². The second-order valence-electron chi connectivity index (χ2n) is 10.4. The molecule has 0 bridgehead atoms. The standard InChI is InChI=1S/C33H41N3O4/c1-5-39-30-17-10-13-27(22-30)33(38)35-21-20-34(25(2)3)18-11-19-36(32-26(4)12-9-14-28(32)23-35)31(37)24-40-29-15-7-6-8-16-29/h6-10,12-17,22,25H,5,11,18-21,23-24H2,1-4H3. The highest BCUT2D eigenvalue weighted by Gasteiger charge is 2.26. The lowest BCUT2D eigenvalue weighted by Gasteiger charge is -2.30. The van der Waals surface area contributed by atoms with Crippen LogP contribution in [0.4, 0.5) is 5.69 Å².